The highest BCUT2D eigenvalue weighted by molar-refractivity contribution is 7.11. The van der Waals surface area contributed by atoms with Crippen molar-refractivity contribution in [1.29, 1.82) is 0 Å². The molecular weight excluding hydrogens is 264 g/mol. The molecule has 1 aromatic heterocycles. The van der Waals surface area contributed by atoms with Crippen LogP contribution in [-0.4, -0.2) is 34.6 Å². The number of urea groups is 1. The number of hydrogen-bond donors (Lipinski definition) is 2. The van der Waals surface area contributed by atoms with Crippen LogP contribution in [0.3, 0.4) is 0 Å². The van der Waals surface area contributed by atoms with Gasteiger partial charge in [0.2, 0.25) is 0 Å². The monoisotopic (exact) mass is 282 g/mol. The average molecular weight is 282 g/mol. The minimum Gasteiger partial charge on any atom is -0.480 e. The second kappa shape index (κ2) is 5.61. The summed E-state index contributed by atoms with van der Waals surface area (Å²) in [5.41, 5.74) is 0. The summed E-state index contributed by atoms with van der Waals surface area (Å²) in [6.07, 6.45) is 0.739. The Hall–Kier alpha value is -1.56. The molecule has 1 fully saturated rings. The van der Waals surface area contributed by atoms with Gasteiger partial charge in [-0.25, -0.2) is 9.59 Å². The normalized spacial score (nSPS) is 22.5. The molecule has 5 nitrogen and oxygen atoms in total. The molecule has 19 heavy (non-hydrogen) atoms. The number of amides is 2. The zero-order valence-electron chi connectivity index (χ0n) is 11.0. The van der Waals surface area contributed by atoms with Gasteiger partial charge in [0.05, 0.1) is 6.54 Å². The maximum Gasteiger partial charge on any atom is 0.326 e. The molecule has 0 spiro atoms. The van der Waals surface area contributed by atoms with Gasteiger partial charge in [-0.05, 0) is 31.4 Å². The van der Waals surface area contributed by atoms with Gasteiger partial charge >= 0.3 is 12.0 Å². The lowest BCUT2D eigenvalue weighted by atomic mass is 10.0. The fraction of sp³-hybridized carbons (Fsp3) is 0.538. The smallest absolute Gasteiger partial charge is 0.326 e. The number of hydrogen-bond acceptors (Lipinski definition) is 3. The summed E-state index contributed by atoms with van der Waals surface area (Å²) in [6, 6.07) is 2.99. The van der Waals surface area contributed by atoms with Gasteiger partial charge in [-0.1, -0.05) is 6.92 Å². The fourth-order valence-corrected chi connectivity index (χ4v) is 3.23. The quantitative estimate of drug-likeness (QED) is 0.891. The van der Waals surface area contributed by atoms with E-state index in [1.165, 1.54) is 9.78 Å². The van der Waals surface area contributed by atoms with Crippen molar-refractivity contribution in [2.24, 2.45) is 5.92 Å². The van der Waals surface area contributed by atoms with E-state index in [0.717, 1.165) is 11.3 Å². The van der Waals surface area contributed by atoms with Gasteiger partial charge in [0.25, 0.3) is 0 Å². The molecule has 104 valence electrons. The van der Waals surface area contributed by atoms with Crippen LogP contribution in [0, 0.1) is 12.8 Å². The summed E-state index contributed by atoms with van der Waals surface area (Å²) in [5.74, 6) is -0.917. The summed E-state index contributed by atoms with van der Waals surface area (Å²) in [6.45, 7) is 4.84. The van der Waals surface area contributed by atoms with Gasteiger partial charge in [-0.15, -0.1) is 11.3 Å². The number of carboxylic acid groups (broad SMARTS) is 1. The number of nitrogens with one attached hydrogen (secondary N) is 1. The zero-order chi connectivity index (χ0) is 14.0. The number of nitrogens with zero attached hydrogens (tertiary/aromatic N) is 1. The number of aryl methyl sites for hydroxylation is 1. The molecule has 1 aliphatic heterocycles. The van der Waals surface area contributed by atoms with Crippen LogP contribution < -0.4 is 5.32 Å². The molecule has 2 unspecified atom stereocenters. The second-order valence-corrected chi connectivity index (χ2v) is 6.29. The van der Waals surface area contributed by atoms with E-state index in [9.17, 15) is 14.7 Å². The van der Waals surface area contributed by atoms with Crippen LogP contribution in [0.5, 0.6) is 0 Å². The lowest BCUT2D eigenvalue weighted by Crippen LogP contribution is -2.47. The van der Waals surface area contributed by atoms with Crippen LogP contribution in [0.1, 0.15) is 23.1 Å². The summed E-state index contributed by atoms with van der Waals surface area (Å²) in [7, 11) is 0. The molecule has 2 rings (SSSR count). The minimum atomic E-state index is -0.924. The first-order chi connectivity index (χ1) is 8.99. The van der Waals surface area contributed by atoms with Crippen molar-refractivity contribution in [3.63, 3.8) is 0 Å². The second-order valence-electron chi connectivity index (χ2n) is 4.91. The molecule has 0 radical (unpaired) electrons. The minimum absolute atomic E-state index is 0.00670. The van der Waals surface area contributed by atoms with Crippen molar-refractivity contribution in [3.05, 3.63) is 21.9 Å². The van der Waals surface area contributed by atoms with Crippen LogP contribution in [0.15, 0.2) is 12.1 Å². The predicted octanol–water partition coefficient (Wildman–Crippen LogP) is 2.06. The predicted molar refractivity (Wildman–Crippen MR) is 73.2 cm³/mol. The molecule has 2 amide bonds. The van der Waals surface area contributed by atoms with E-state index in [-0.39, 0.29) is 11.9 Å². The van der Waals surface area contributed by atoms with Crippen molar-refractivity contribution in [3.8, 4) is 0 Å². The molecule has 1 aliphatic rings. The van der Waals surface area contributed by atoms with E-state index in [4.69, 9.17) is 0 Å². The van der Waals surface area contributed by atoms with Gasteiger partial charge in [0.1, 0.15) is 6.04 Å². The lowest BCUT2D eigenvalue weighted by molar-refractivity contribution is -0.142. The summed E-state index contributed by atoms with van der Waals surface area (Å²) in [4.78, 5) is 26.9. The number of thiophene rings is 1. The maximum atomic E-state index is 12.0. The van der Waals surface area contributed by atoms with E-state index in [1.54, 1.807) is 11.3 Å². The van der Waals surface area contributed by atoms with Crippen LogP contribution in [0.2, 0.25) is 0 Å². The van der Waals surface area contributed by atoms with Crippen LogP contribution >= 0.6 is 11.3 Å². The highest BCUT2D eigenvalue weighted by Gasteiger charge is 2.39. The van der Waals surface area contributed by atoms with Crippen molar-refractivity contribution < 1.29 is 14.7 Å². The number of carbonyl (C=O) groups excluding carboxylic acids is 1. The average Bonchev–Trinajstić information content (AvgIpc) is 2.92. The van der Waals surface area contributed by atoms with Crippen LogP contribution in [0.25, 0.3) is 0 Å². The molecule has 1 aromatic rings. The topological polar surface area (TPSA) is 69.6 Å². The zero-order valence-corrected chi connectivity index (χ0v) is 11.9. The third-order valence-electron chi connectivity index (χ3n) is 3.42. The standard InChI is InChI=1S/C13H18N2O3S/c1-8-5-6-15(11(8)12(16)17)13(18)14-7-10-4-3-9(2)19-10/h3-4,8,11H,5-7H2,1-2H3,(H,14,18)(H,16,17). The number of carbonyl (C=O) groups is 2. The molecule has 2 heterocycles. The first-order valence-corrected chi connectivity index (χ1v) is 7.13. The Balaban J connectivity index is 1.94. The van der Waals surface area contributed by atoms with Gasteiger partial charge in [0.15, 0.2) is 0 Å². The van der Waals surface area contributed by atoms with E-state index < -0.39 is 12.0 Å². The molecular formula is C13H18N2O3S. The maximum absolute atomic E-state index is 12.0. The Morgan fingerprint density at radius 3 is 2.84 bits per heavy atom. The number of rotatable bonds is 3. The number of aliphatic carboxylic acids is 1. The third kappa shape index (κ3) is 3.07. The van der Waals surface area contributed by atoms with Crippen molar-refractivity contribution in [2.75, 3.05) is 6.54 Å². The van der Waals surface area contributed by atoms with Gasteiger partial charge in [-0.2, -0.15) is 0 Å². The molecule has 2 N–H and O–H groups in total. The molecule has 0 bridgehead atoms. The molecule has 1 saturated heterocycles. The molecule has 0 saturated carbocycles. The molecule has 6 heteroatoms. The Bertz CT molecular complexity index is 486. The van der Waals surface area contributed by atoms with Gasteiger partial charge in [0, 0.05) is 16.3 Å². The Morgan fingerprint density at radius 1 is 1.53 bits per heavy atom. The first kappa shape index (κ1) is 13.9. The molecule has 0 aliphatic carbocycles. The van der Waals surface area contributed by atoms with Crippen molar-refractivity contribution in [2.45, 2.75) is 32.9 Å². The van der Waals surface area contributed by atoms with E-state index in [2.05, 4.69) is 5.32 Å². The molecule has 2 atom stereocenters. The number of carboxylic acids is 1. The largest absolute Gasteiger partial charge is 0.480 e. The van der Waals surface area contributed by atoms with E-state index >= 15 is 0 Å². The first-order valence-electron chi connectivity index (χ1n) is 6.31. The molecule has 0 aromatic carbocycles. The van der Waals surface area contributed by atoms with E-state index in [1.807, 2.05) is 26.0 Å². The lowest BCUT2D eigenvalue weighted by Gasteiger charge is -2.23. The van der Waals surface area contributed by atoms with E-state index in [0.29, 0.717) is 13.1 Å². The van der Waals surface area contributed by atoms with Crippen molar-refractivity contribution in [1.82, 2.24) is 10.2 Å². The SMILES string of the molecule is Cc1ccc(CNC(=O)N2CCC(C)C2C(=O)O)s1. The highest BCUT2D eigenvalue weighted by Crippen LogP contribution is 2.24. The van der Waals surface area contributed by atoms with Crippen LogP contribution in [0.4, 0.5) is 4.79 Å². The van der Waals surface area contributed by atoms with Gasteiger partial charge < -0.3 is 15.3 Å². The van der Waals surface area contributed by atoms with Gasteiger partial charge in [-0.3, -0.25) is 0 Å². The fourth-order valence-electron chi connectivity index (χ4n) is 2.40. The summed E-state index contributed by atoms with van der Waals surface area (Å²) in [5, 5.41) is 12.0. The Labute approximate surface area is 116 Å². The third-order valence-corrected chi connectivity index (χ3v) is 4.42. The summed E-state index contributed by atoms with van der Waals surface area (Å²) < 4.78 is 0. The summed E-state index contributed by atoms with van der Waals surface area (Å²) >= 11 is 1.63. The Morgan fingerprint density at radius 2 is 2.26 bits per heavy atom. The Kier molecular flexibility index (Phi) is 4.09. The van der Waals surface area contributed by atoms with Crippen LogP contribution in [-0.2, 0) is 11.3 Å². The van der Waals surface area contributed by atoms with Crippen molar-refractivity contribution >= 4 is 23.3 Å². The highest BCUT2D eigenvalue weighted by atomic mass is 32.1. The number of likely N-dealkylation sites (tertiary alicyclic amines) is 1.